The standard InChI is InChI=1S/C14H22N2O4S/c1-5-11(2)15-14(17)9-8-12-6-7-13(20-12)10-16(3)21(4,18)19/h6-9,11H,5,10H2,1-4H3,(H,15,17)/b9-8+/t11-/m0/s1. The van der Waals surface area contributed by atoms with Crippen molar-refractivity contribution in [1.29, 1.82) is 0 Å². The molecule has 0 spiro atoms. The van der Waals surface area contributed by atoms with E-state index >= 15 is 0 Å². The van der Waals surface area contributed by atoms with Crippen molar-refractivity contribution in [2.75, 3.05) is 13.3 Å². The Hall–Kier alpha value is -1.60. The summed E-state index contributed by atoms with van der Waals surface area (Å²) in [6, 6.07) is 3.50. The maximum atomic E-state index is 11.6. The molecular weight excluding hydrogens is 292 g/mol. The quantitative estimate of drug-likeness (QED) is 0.775. The highest BCUT2D eigenvalue weighted by Gasteiger charge is 2.13. The number of hydrogen-bond donors (Lipinski definition) is 1. The summed E-state index contributed by atoms with van der Waals surface area (Å²) in [5, 5.41) is 2.80. The molecule has 1 N–H and O–H groups in total. The lowest BCUT2D eigenvalue weighted by Crippen LogP contribution is -2.30. The Kier molecular flexibility index (Phi) is 6.17. The van der Waals surface area contributed by atoms with Gasteiger partial charge in [0, 0.05) is 19.2 Å². The molecule has 0 aromatic carbocycles. The SMILES string of the molecule is CC[C@H](C)NC(=O)/C=C/c1ccc(CN(C)S(C)(=O)=O)o1. The Bertz CT molecular complexity index is 604. The second kappa shape index (κ2) is 7.42. The van der Waals surface area contributed by atoms with Gasteiger partial charge in [-0.15, -0.1) is 0 Å². The third kappa shape index (κ3) is 6.14. The van der Waals surface area contributed by atoms with E-state index in [4.69, 9.17) is 4.42 Å². The number of nitrogens with zero attached hydrogens (tertiary/aromatic N) is 1. The predicted octanol–water partition coefficient (Wildman–Crippen LogP) is 1.60. The van der Waals surface area contributed by atoms with Crippen molar-refractivity contribution in [3.8, 4) is 0 Å². The zero-order chi connectivity index (χ0) is 16.0. The van der Waals surface area contributed by atoms with Crippen molar-refractivity contribution in [2.24, 2.45) is 0 Å². The van der Waals surface area contributed by atoms with Crippen LogP contribution in [0.25, 0.3) is 6.08 Å². The van der Waals surface area contributed by atoms with Crippen molar-refractivity contribution >= 4 is 22.0 Å². The van der Waals surface area contributed by atoms with Crippen LogP contribution in [-0.4, -0.2) is 38.0 Å². The van der Waals surface area contributed by atoms with Gasteiger partial charge in [0.1, 0.15) is 11.5 Å². The average Bonchev–Trinajstić information content (AvgIpc) is 2.82. The fraction of sp³-hybridized carbons (Fsp3) is 0.500. The molecule has 0 aliphatic carbocycles. The lowest BCUT2D eigenvalue weighted by atomic mass is 10.2. The van der Waals surface area contributed by atoms with Gasteiger partial charge in [-0.25, -0.2) is 8.42 Å². The van der Waals surface area contributed by atoms with Crippen LogP contribution in [0.5, 0.6) is 0 Å². The molecule has 1 aromatic rings. The second-order valence-electron chi connectivity index (χ2n) is 4.97. The highest BCUT2D eigenvalue weighted by Crippen LogP contribution is 2.12. The highest BCUT2D eigenvalue weighted by molar-refractivity contribution is 7.88. The largest absolute Gasteiger partial charge is 0.460 e. The van der Waals surface area contributed by atoms with Gasteiger partial charge in [0.25, 0.3) is 0 Å². The first-order valence-corrected chi connectivity index (χ1v) is 8.55. The molecule has 0 radical (unpaired) electrons. The molecule has 0 unspecified atom stereocenters. The van der Waals surface area contributed by atoms with E-state index in [0.717, 1.165) is 12.7 Å². The van der Waals surface area contributed by atoms with Crippen LogP contribution in [0.2, 0.25) is 0 Å². The van der Waals surface area contributed by atoms with Gasteiger partial charge < -0.3 is 9.73 Å². The summed E-state index contributed by atoms with van der Waals surface area (Å²) >= 11 is 0. The molecular formula is C14H22N2O4S. The number of carbonyl (C=O) groups excluding carboxylic acids is 1. The van der Waals surface area contributed by atoms with E-state index in [2.05, 4.69) is 5.32 Å². The van der Waals surface area contributed by atoms with E-state index in [1.807, 2.05) is 13.8 Å². The molecule has 1 rings (SSSR count). The molecule has 0 saturated carbocycles. The van der Waals surface area contributed by atoms with Gasteiger partial charge in [0.2, 0.25) is 15.9 Å². The van der Waals surface area contributed by atoms with Gasteiger partial charge in [-0.05, 0) is 31.6 Å². The molecule has 0 bridgehead atoms. The van der Waals surface area contributed by atoms with Crippen molar-refractivity contribution in [1.82, 2.24) is 9.62 Å². The highest BCUT2D eigenvalue weighted by atomic mass is 32.2. The molecule has 6 nitrogen and oxygen atoms in total. The lowest BCUT2D eigenvalue weighted by molar-refractivity contribution is -0.117. The molecule has 0 fully saturated rings. The summed E-state index contributed by atoms with van der Waals surface area (Å²) in [5.74, 6) is 0.840. The third-order valence-electron chi connectivity index (χ3n) is 3.03. The molecule has 7 heteroatoms. The van der Waals surface area contributed by atoms with Crippen molar-refractivity contribution in [3.63, 3.8) is 0 Å². The number of rotatable bonds is 7. The Morgan fingerprint density at radius 1 is 1.48 bits per heavy atom. The smallest absolute Gasteiger partial charge is 0.244 e. The normalized spacial score (nSPS) is 13.8. The molecule has 1 amide bonds. The van der Waals surface area contributed by atoms with Crippen LogP contribution in [0.1, 0.15) is 31.8 Å². The minimum Gasteiger partial charge on any atom is -0.460 e. The Labute approximate surface area is 125 Å². The fourth-order valence-corrected chi connectivity index (χ4v) is 1.82. The van der Waals surface area contributed by atoms with E-state index in [9.17, 15) is 13.2 Å². The topological polar surface area (TPSA) is 79.6 Å². The number of hydrogen-bond acceptors (Lipinski definition) is 4. The maximum absolute atomic E-state index is 11.6. The number of carbonyl (C=O) groups is 1. The van der Waals surface area contributed by atoms with Gasteiger partial charge in [-0.2, -0.15) is 4.31 Å². The Balaban J connectivity index is 2.61. The van der Waals surface area contributed by atoms with E-state index in [1.165, 1.54) is 17.4 Å². The third-order valence-corrected chi connectivity index (χ3v) is 4.29. The summed E-state index contributed by atoms with van der Waals surface area (Å²) in [4.78, 5) is 11.6. The number of sulfonamides is 1. The van der Waals surface area contributed by atoms with Crippen LogP contribution in [0.15, 0.2) is 22.6 Å². The van der Waals surface area contributed by atoms with E-state index in [0.29, 0.717) is 11.5 Å². The van der Waals surface area contributed by atoms with Crippen molar-refractivity contribution in [3.05, 3.63) is 29.7 Å². The molecule has 0 aliphatic heterocycles. The first-order valence-electron chi connectivity index (χ1n) is 6.71. The number of nitrogens with one attached hydrogen (secondary N) is 1. The zero-order valence-electron chi connectivity index (χ0n) is 12.8. The van der Waals surface area contributed by atoms with Crippen molar-refractivity contribution < 1.29 is 17.6 Å². The molecule has 1 aromatic heterocycles. The molecule has 118 valence electrons. The van der Waals surface area contributed by atoms with Crippen LogP contribution in [-0.2, 0) is 21.4 Å². The lowest BCUT2D eigenvalue weighted by Gasteiger charge is -2.11. The zero-order valence-corrected chi connectivity index (χ0v) is 13.6. The summed E-state index contributed by atoms with van der Waals surface area (Å²) < 4.78 is 29.3. The molecule has 0 aliphatic rings. The minimum atomic E-state index is -3.24. The Morgan fingerprint density at radius 2 is 2.14 bits per heavy atom. The first kappa shape index (κ1) is 17.5. The summed E-state index contributed by atoms with van der Waals surface area (Å²) in [7, 11) is -1.76. The van der Waals surface area contributed by atoms with Crippen LogP contribution in [0.4, 0.5) is 0 Å². The van der Waals surface area contributed by atoms with Crippen LogP contribution >= 0.6 is 0 Å². The fourth-order valence-electron chi connectivity index (χ4n) is 1.46. The molecule has 21 heavy (non-hydrogen) atoms. The second-order valence-corrected chi connectivity index (χ2v) is 7.06. The average molecular weight is 314 g/mol. The molecule has 0 saturated heterocycles. The monoisotopic (exact) mass is 314 g/mol. The Morgan fingerprint density at radius 3 is 2.71 bits per heavy atom. The summed E-state index contributed by atoms with van der Waals surface area (Å²) in [6.45, 7) is 4.08. The molecule has 1 heterocycles. The van der Waals surface area contributed by atoms with E-state index in [1.54, 1.807) is 18.2 Å². The van der Waals surface area contributed by atoms with Gasteiger partial charge in [0.05, 0.1) is 12.8 Å². The van der Waals surface area contributed by atoms with Crippen LogP contribution < -0.4 is 5.32 Å². The predicted molar refractivity (Wildman–Crippen MR) is 81.9 cm³/mol. The number of amides is 1. The van der Waals surface area contributed by atoms with Crippen LogP contribution in [0, 0.1) is 0 Å². The first-order chi connectivity index (χ1) is 9.72. The van der Waals surface area contributed by atoms with Gasteiger partial charge in [-0.1, -0.05) is 6.92 Å². The van der Waals surface area contributed by atoms with E-state index in [-0.39, 0.29) is 18.5 Å². The van der Waals surface area contributed by atoms with Gasteiger partial charge in [0.15, 0.2) is 0 Å². The van der Waals surface area contributed by atoms with Gasteiger partial charge in [-0.3, -0.25) is 4.79 Å². The van der Waals surface area contributed by atoms with Gasteiger partial charge >= 0.3 is 0 Å². The van der Waals surface area contributed by atoms with Crippen LogP contribution in [0.3, 0.4) is 0 Å². The summed E-state index contributed by atoms with van der Waals surface area (Å²) in [6.07, 6.45) is 4.95. The minimum absolute atomic E-state index is 0.123. The van der Waals surface area contributed by atoms with E-state index < -0.39 is 10.0 Å². The molecule has 1 atom stereocenters. The maximum Gasteiger partial charge on any atom is 0.244 e. The summed E-state index contributed by atoms with van der Waals surface area (Å²) in [5.41, 5.74) is 0. The van der Waals surface area contributed by atoms with Crippen molar-refractivity contribution in [2.45, 2.75) is 32.9 Å². The number of furan rings is 1.